The summed E-state index contributed by atoms with van der Waals surface area (Å²) in [6.07, 6.45) is 0.354. The molecule has 0 fully saturated rings. The first-order valence-corrected chi connectivity index (χ1v) is 6.11. The quantitative estimate of drug-likeness (QED) is 0.773. The largest absolute Gasteiger partial charge is 0.352 e. The normalized spacial score (nSPS) is 12.1. The second-order valence-electron chi connectivity index (χ2n) is 4.84. The third-order valence-electron chi connectivity index (χ3n) is 2.47. The molecule has 1 rings (SSSR count). The van der Waals surface area contributed by atoms with E-state index in [9.17, 15) is 18.4 Å². The molecule has 0 saturated heterocycles. The van der Waals surface area contributed by atoms with Crippen molar-refractivity contribution in [3.63, 3.8) is 0 Å². The van der Waals surface area contributed by atoms with E-state index in [-0.39, 0.29) is 11.6 Å². The monoisotopic (exact) mass is 285 g/mol. The number of hydrogen-bond donors (Lipinski definition) is 3. The number of primary amides is 1. The minimum atomic E-state index is -0.862. The maximum absolute atomic E-state index is 13.0. The zero-order chi connectivity index (χ0) is 15.3. The first kappa shape index (κ1) is 15.9. The molecule has 20 heavy (non-hydrogen) atoms. The van der Waals surface area contributed by atoms with Crippen LogP contribution < -0.4 is 16.4 Å². The fourth-order valence-corrected chi connectivity index (χ4v) is 1.73. The predicted octanol–water partition coefficient (Wildman–Crippen LogP) is 1.99. The molecule has 1 aromatic carbocycles. The van der Waals surface area contributed by atoms with Gasteiger partial charge in [-0.05, 0) is 24.5 Å². The summed E-state index contributed by atoms with van der Waals surface area (Å²) in [7, 11) is 0. The Bertz CT molecular complexity index is 486. The summed E-state index contributed by atoms with van der Waals surface area (Å²) < 4.78 is 26.0. The molecule has 0 heterocycles. The Morgan fingerprint density at radius 1 is 1.20 bits per heavy atom. The molecule has 0 bridgehead atoms. The zero-order valence-corrected chi connectivity index (χ0v) is 11.2. The number of carbonyl (C=O) groups is 2. The second-order valence-corrected chi connectivity index (χ2v) is 4.84. The van der Waals surface area contributed by atoms with Crippen molar-refractivity contribution in [3.8, 4) is 0 Å². The number of benzene rings is 1. The number of nitrogens with one attached hydrogen (secondary N) is 2. The molecule has 3 amide bonds. The SMILES string of the molecule is CC(C)CC(NC(N)=O)C(=O)Nc1cc(F)cc(F)c1. The van der Waals surface area contributed by atoms with Crippen molar-refractivity contribution in [2.24, 2.45) is 11.7 Å². The first-order chi connectivity index (χ1) is 9.27. The van der Waals surface area contributed by atoms with E-state index in [0.29, 0.717) is 12.5 Å². The van der Waals surface area contributed by atoms with Gasteiger partial charge in [0.25, 0.3) is 0 Å². The lowest BCUT2D eigenvalue weighted by molar-refractivity contribution is -0.118. The molecule has 110 valence electrons. The molecule has 4 N–H and O–H groups in total. The predicted molar refractivity (Wildman–Crippen MR) is 70.9 cm³/mol. The van der Waals surface area contributed by atoms with Gasteiger partial charge in [-0.2, -0.15) is 0 Å². The van der Waals surface area contributed by atoms with Crippen LogP contribution in [0.25, 0.3) is 0 Å². The standard InChI is InChI=1S/C13H17F2N3O2/c1-7(2)3-11(18-13(16)20)12(19)17-10-5-8(14)4-9(15)6-10/h4-7,11H,3H2,1-2H3,(H,17,19)(H3,16,18,20). The van der Waals surface area contributed by atoms with Crippen LogP contribution in [0.1, 0.15) is 20.3 Å². The van der Waals surface area contributed by atoms with E-state index in [1.165, 1.54) is 0 Å². The molecule has 1 aromatic rings. The van der Waals surface area contributed by atoms with Crippen molar-refractivity contribution < 1.29 is 18.4 Å². The summed E-state index contributed by atoms with van der Waals surface area (Å²) in [6, 6.07) is 0.966. The van der Waals surface area contributed by atoms with E-state index in [4.69, 9.17) is 5.73 Å². The molecule has 5 nitrogen and oxygen atoms in total. The molecule has 0 aromatic heterocycles. The van der Waals surface area contributed by atoms with Crippen LogP contribution in [0.2, 0.25) is 0 Å². The highest BCUT2D eigenvalue weighted by Gasteiger charge is 2.21. The highest BCUT2D eigenvalue weighted by Crippen LogP contribution is 2.14. The fourth-order valence-electron chi connectivity index (χ4n) is 1.73. The number of rotatable bonds is 5. The summed E-state index contributed by atoms with van der Waals surface area (Å²) in [6.45, 7) is 3.73. The molecular weight excluding hydrogens is 268 g/mol. The number of nitrogens with two attached hydrogens (primary N) is 1. The molecule has 0 aliphatic carbocycles. The summed E-state index contributed by atoms with van der Waals surface area (Å²) in [5.41, 5.74) is 4.98. The molecule has 0 spiro atoms. The minimum Gasteiger partial charge on any atom is -0.352 e. The van der Waals surface area contributed by atoms with Gasteiger partial charge in [0.05, 0.1) is 0 Å². The van der Waals surface area contributed by atoms with E-state index < -0.39 is 29.6 Å². The lowest BCUT2D eigenvalue weighted by atomic mass is 10.0. The van der Waals surface area contributed by atoms with Crippen LogP contribution in [0.5, 0.6) is 0 Å². The van der Waals surface area contributed by atoms with E-state index in [0.717, 1.165) is 12.1 Å². The molecule has 1 atom stereocenters. The first-order valence-electron chi connectivity index (χ1n) is 6.11. The molecule has 1 unspecified atom stereocenters. The fraction of sp³-hybridized carbons (Fsp3) is 0.385. The van der Waals surface area contributed by atoms with Gasteiger partial charge >= 0.3 is 6.03 Å². The Hall–Kier alpha value is -2.18. The van der Waals surface area contributed by atoms with Gasteiger partial charge in [0.2, 0.25) is 5.91 Å². The summed E-state index contributed by atoms with van der Waals surface area (Å²) in [5, 5.41) is 4.64. The highest BCUT2D eigenvalue weighted by atomic mass is 19.1. The Labute approximate surface area is 115 Å². The number of anilines is 1. The number of amides is 3. The Balaban J connectivity index is 2.81. The van der Waals surface area contributed by atoms with Gasteiger partial charge in [0, 0.05) is 11.8 Å². The average Bonchev–Trinajstić information content (AvgIpc) is 2.24. The molecule has 0 aliphatic rings. The van der Waals surface area contributed by atoms with Crippen LogP contribution in [0.3, 0.4) is 0 Å². The van der Waals surface area contributed by atoms with Crippen molar-refractivity contribution in [2.45, 2.75) is 26.3 Å². The zero-order valence-electron chi connectivity index (χ0n) is 11.2. The number of carbonyl (C=O) groups excluding carboxylic acids is 2. The summed E-state index contributed by atoms with van der Waals surface area (Å²) in [4.78, 5) is 22.8. The maximum atomic E-state index is 13.0. The Kier molecular flexibility index (Phi) is 5.42. The second kappa shape index (κ2) is 6.83. The van der Waals surface area contributed by atoms with Crippen molar-refractivity contribution in [3.05, 3.63) is 29.8 Å². The topological polar surface area (TPSA) is 84.2 Å². The van der Waals surface area contributed by atoms with E-state index >= 15 is 0 Å². The van der Waals surface area contributed by atoms with Crippen molar-refractivity contribution in [1.29, 1.82) is 0 Å². The molecule has 0 saturated carbocycles. The van der Waals surface area contributed by atoms with Gasteiger partial charge < -0.3 is 16.4 Å². The van der Waals surface area contributed by atoms with Crippen LogP contribution >= 0.6 is 0 Å². The maximum Gasteiger partial charge on any atom is 0.312 e. The number of hydrogen-bond acceptors (Lipinski definition) is 2. The van der Waals surface area contributed by atoms with Crippen LogP contribution in [0.4, 0.5) is 19.3 Å². The molecule has 0 aliphatic heterocycles. The van der Waals surface area contributed by atoms with Crippen LogP contribution in [0.15, 0.2) is 18.2 Å². The third-order valence-corrected chi connectivity index (χ3v) is 2.47. The Morgan fingerprint density at radius 3 is 2.20 bits per heavy atom. The summed E-state index contributed by atoms with van der Waals surface area (Å²) in [5.74, 6) is -2.06. The van der Waals surface area contributed by atoms with Crippen molar-refractivity contribution in [1.82, 2.24) is 5.32 Å². The van der Waals surface area contributed by atoms with Crippen LogP contribution in [-0.4, -0.2) is 18.0 Å². The van der Waals surface area contributed by atoms with E-state index in [1.807, 2.05) is 13.8 Å². The minimum absolute atomic E-state index is 0.0208. The van der Waals surface area contributed by atoms with Gasteiger partial charge in [-0.1, -0.05) is 13.8 Å². The van der Waals surface area contributed by atoms with Gasteiger partial charge in [-0.15, -0.1) is 0 Å². The van der Waals surface area contributed by atoms with Gasteiger partial charge in [-0.25, -0.2) is 13.6 Å². The number of urea groups is 1. The van der Waals surface area contributed by atoms with Gasteiger partial charge in [0.1, 0.15) is 17.7 Å². The van der Waals surface area contributed by atoms with Crippen molar-refractivity contribution >= 4 is 17.6 Å². The van der Waals surface area contributed by atoms with Gasteiger partial charge in [0.15, 0.2) is 0 Å². The lowest BCUT2D eigenvalue weighted by Gasteiger charge is -2.19. The Morgan fingerprint density at radius 2 is 1.75 bits per heavy atom. The van der Waals surface area contributed by atoms with E-state index in [2.05, 4.69) is 10.6 Å². The molecule has 0 radical (unpaired) electrons. The third kappa shape index (κ3) is 5.21. The lowest BCUT2D eigenvalue weighted by Crippen LogP contribution is -2.46. The molecule has 7 heteroatoms. The van der Waals surface area contributed by atoms with Crippen molar-refractivity contribution in [2.75, 3.05) is 5.32 Å². The average molecular weight is 285 g/mol. The smallest absolute Gasteiger partial charge is 0.312 e. The highest BCUT2D eigenvalue weighted by molar-refractivity contribution is 5.96. The molecular formula is C13H17F2N3O2. The van der Waals surface area contributed by atoms with E-state index in [1.54, 1.807) is 0 Å². The number of halogens is 2. The van der Waals surface area contributed by atoms with Crippen LogP contribution in [-0.2, 0) is 4.79 Å². The summed E-state index contributed by atoms with van der Waals surface area (Å²) >= 11 is 0. The van der Waals surface area contributed by atoms with Gasteiger partial charge in [-0.3, -0.25) is 4.79 Å². The van der Waals surface area contributed by atoms with Crippen LogP contribution in [0, 0.1) is 17.6 Å².